The summed E-state index contributed by atoms with van der Waals surface area (Å²) in [4.78, 5) is 0. The highest BCUT2D eigenvalue weighted by Crippen LogP contribution is 2.37. The first-order chi connectivity index (χ1) is 6.07. The summed E-state index contributed by atoms with van der Waals surface area (Å²) in [5, 5.41) is 0. The van der Waals surface area contributed by atoms with Crippen LogP contribution < -0.4 is 0 Å². The molecule has 14 heavy (non-hydrogen) atoms. The maximum Gasteiger partial charge on any atom is 0.334 e. The molecular formula is C8H18Cl2N2Si2. The third kappa shape index (κ3) is 2.20. The fourth-order valence-electron chi connectivity index (χ4n) is 1.41. The molecule has 0 spiro atoms. The van der Waals surface area contributed by atoms with Gasteiger partial charge in [-0.1, -0.05) is 0 Å². The minimum atomic E-state index is -1.08. The molecule has 0 aliphatic carbocycles. The van der Waals surface area contributed by atoms with Crippen LogP contribution in [0.15, 0.2) is 0 Å². The third-order valence-corrected chi connectivity index (χ3v) is 12.5. The average Bonchev–Trinajstić information content (AvgIpc) is 1.78. The SMILES string of the molecule is CC(C)(C)N1[Si](Cl)N(C(C)(C)C)[Si]1Cl. The summed E-state index contributed by atoms with van der Waals surface area (Å²) in [7, 11) is -2.16. The van der Waals surface area contributed by atoms with Crippen LogP contribution in [-0.4, -0.2) is 36.4 Å². The summed E-state index contributed by atoms with van der Waals surface area (Å²) in [5.41, 5.74) is 0.210. The van der Waals surface area contributed by atoms with Crippen molar-refractivity contribution in [1.29, 1.82) is 0 Å². The zero-order valence-electron chi connectivity index (χ0n) is 9.65. The highest BCUT2D eigenvalue weighted by atomic mass is 35.6. The first kappa shape index (κ1) is 13.0. The van der Waals surface area contributed by atoms with Gasteiger partial charge >= 0.3 is 16.9 Å². The molecule has 0 aromatic rings. The van der Waals surface area contributed by atoms with E-state index in [1.165, 1.54) is 0 Å². The zero-order chi connectivity index (χ0) is 11.3. The van der Waals surface area contributed by atoms with Crippen molar-refractivity contribution in [2.24, 2.45) is 0 Å². The Balaban J connectivity index is 2.76. The number of hydrogen-bond donors (Lipinski definition) is 0. The van der Waals surface area contributed by atoms with E-state index in [4.69, 9.17) is 22.2 Å². The van der Waals surface area contributed by atoms with Gasteiger partial charge in [-0.3, -0.25) is 8.46 Å². The Kier molecular flexibility index (Phi) is 3.48. The quantitative estimate of drug-likeness (QED) is 0.493. The van der Waals surface area contributed by atoms with Crippen LogP contribution in [0.4, 0.5) is 0 Å². The van der Waals surface area contributed by atoms with Gasteiger partial charge in [0.2, 0.25) is 0 Å². The molecule has 2 nitrogen and oxygen atoms in total. The lowest BCUT2D eigenvalue weighted by Gasteiger charge is -2.59. The molecule has 6 heteroatoms. The van der Waals surface area contributed by atoms with Gasteiger partial charge in [0.05, 0.1) is 0 Å². The van der Waals surface area contributed by atoms with Gasteiger partial charge in [0.1, 0.15) is 0 Å². The molecule has 1 rings (SSSR count). The second kappa shape index (κ2) is 3.75. The summed E-state index contributed by atoms with van der Waals surface area (Å²) >= 11 is 12.9. The van der Waals surface area contributed by atoms with Crippen molar-refractivity contribution in [2.45, 2.75) is 52.6 Å². The predicted octanol–water partition coefficient (Wildman–Crippen LogP) is 2.65. The molecular weight excluding hydrogens is 251 g/mol. The van der Waals surface area contributed by atoms with Crippen molar-refractivity contribution in [1.82, 2.24) is 8.46 Å². The fraction of sp³-hybridized carbons (Fsp3) is 1.00. The van der Waals surface area contributed by atoms with Gasteiger partial charge in [-0.15, -0.1) is 22.2 Å². The van der Waals surface area contributed by atoms with Gasteiger partial charge < -0.3 is 0 Å². The third-order valence-electron chi connectivity index (χ3n) is 2.08. The molecule has 1 aliphatic rings. The lowest BCUT2D eigenvalue weighted by Crippen LogP contribution is -2.81. The molecule has 1 heterocycles. The molecule has 0 N–H and O–H groups in total. The molecule has 2 radical (unpaired) electrons. The molecule has 0 saturated carbocycles. The largest absolute Gasteiger partial charge is 0.334 e. The van der Waals surface area contributed by atoms with Gasteiger partial charge in [-0.05, 0) is 41.5 Å². The van der Waals surface area contributed by atoms with Crippen LogP contribution >= 0.6 is 22.2 Å². The molecule has 0 atom stereocenters. The Morgan fingerprint density at radius 3 is 1.07 bits per heavy atom. The van der Waals surface area contributed by atoms with Crippen LogP contribution in [0.5, 0.6) is 0 Å². The molecule has 0 aromatic heterocycles. The van der Waals surface area contributed by atoms with Crippen LogP contribution in [-0.2, 0) is 0 Å². The molecule has 1 saturated heterocycles. The monoisotopic (exact) mass is 268 g/mol. The fourth-order valence-corrected chi connectivity index (χ4v) is 12.5. The standard InChI is InChI=1S/C8H18Cl2N2Si2/c1-7(2,3)11-13(9)12(14(11)10)8(4,5)6/h1-6H3. The van der Waals surface area contributed by atoms with E-state index < -0.39 is 16.9 Å². The van der Waals surface area contributed by atoms with Crippen molar-refractivity contribution >= 4 is 39.0 Å². The van der Waals surface area contributed by atoms with Gasteiger partial charge in [-0.2, -0.15) is 0 Å². The highest BCUT2D eigenvalue weighted by molar-refractivity contribution is 7.25. The van der Waals surface area contributed by atoms with Crippen molar-refractivity contribution in [3.05, 3.63) is 0 Å². The summed E-state index contributed by atoms with van der Waals surface area (Å²) in [5.74, 6) is 0. The molecule has 0 aromatic carbocycles. The van der Waals surface area contributed by atoms with E-state index in [1.807, 2.05) is 0 Å². The van der Waals surface area contributed by atoms with Crippen LogP contribution in [0.3, 0.4) is 0 Å². The zero-order valence-corrected chi connectivity index (χ0v) is 13.2. The minimum Gasteiger partial charge on any atom is -0.292 e. The minimum absolute atomic E-state index is 0.105. The van der Waals surface area contributed by atoms with E-state index in [1.54, 1.807) is 0 Å². The molecule has 1 aliphatic heterocycles. The lowest BCUT2D eigenvalue weighted by atomic mass is 10.1. The smallest absolute Gasteiger partial charge is 0.292 e. The Morgan fingerprint density at radius 2 is 0.929 bits per heavy atom. The number of halogens is 2. The first-order valence-electron chi connectivity index (χ1n) is 4.72. The van der Waals surface area contributed by atoms with Crippen molar-refractivity contribution in [3.63, 3.8) is 0 Å². The van der Waals surface area contributed by atoms with E-state index in [0.717, 1.165) is 0 Å². The van der Waals surface area contributed by atoms with Crippen molar-refractivity contribution in [2.75, 3.05) is 0 Å². The lowest BCUT2D eigenvalue weighted by molar-refractivity contribution is 0.238. The van der Waals surface area contributed by atoms with Crippen molar-refractivity contribution in [3.8, 4) is 0 Å². The predicted molar refractivity (Wildman–Crippen MR) is 66.4 cm³/mol. The topological polar surface area (TPSA) is 6.48 Å². The van der Waals surface area contributed by atoms with Gasteiger partial charge in [0, 0.05) is 11.1 Å². The number of nitrogens with zero attached hydrogens (tertiary/aromatic N) is 2. The van der Waals surface area contributed by atoms with E-state index >= 15 is 0 Å². The maximum absolute atomic E-state index is 6.44. The van der Waals surface area contributed by atoms with E-state index in [-0.39, 0.29) is 11.1 Å². The average molecular weight is 269 g/mol. The van der Waals surface area contributed by atoms with Crippen molar-refractivity contribution < 1.29 is 0 Å². The van der Waals surface area contributed by atoms with E-state index in [2.05, 4.69) is 50.0 Å². The maximum atomic E-state index is 6.44. The van der Waals surface area contributed by atoms with E-state index in [0.29, 0.717) is 0 Å². The first-order valence-corrected chi connectivity index (χ1v) is 9.53. The summed E-state index contributed by atoms with van der Waals surface area (Å²) in [6, 6.07) is 0. The van der Waals surface area contributed by atoms with Gasteiger partial charge in [0.25, 0.3) is 0 Å². The van der Waals surface area contributed by atoms with E-state index in [9.17, 15) is 0 Å². The molecule has 0 amide bonds. The van der Waals surface area contributed by atoms with Crippen LogP contribution in [0.1, 0.15) is 41.5 Å². The Labute approximate surface area is 100 Å². The Morgan fingerprint density at radius 1 is 0.714 bits per heavy atom. The normalized spacial score (nSPS) is 24.0. The summed E-state index contributed by atoms with van der Waals surface area (Å²) in [6.45, 7) is 13.0. The van der Waals surface area contributed by atoms with Crippen LogP contribution in [0.25, 0.3) is 0 Å². The number of rotatable bonds is 0. The van der Waals surface area contributed by atoms with Gasteiger partial charge in [-0.25, -0.2) is 0 Å². The molecule has 0 bridgehead atoms. The molecule has 0 unspecified atom stereocenters. The number of hydrogen-bond acceptors (Lipinski definition) is 2. The highest BCUT2D eigenvalue weighted by Gasteiger charge is 2.57. The van der Waals surface area contributed by atoms with Crippen LogP contribution in [0, 0.1) is 0 Å². The second-order valence-electron chi connectivity index (χ2n) is 5.55. The summed E-state index contributed by atoms with van der Waals surface area (Å²) < 4.78 is 4.60. The summed E-state index contributed by atoms with van der Waals surface area (Å²) in [6.07, 6.45) is 0. The Hall–Kier alpha value is 0.934. The molecule has 1 fully saturated rings. The molecule has 82 valence electrons. The Bertz CT molecular complexity index is 192. The van der Waals surface area contributed by atoms with Crippen LogP contribution in [0.2, 0.25) is 0 Å². The second-order valence-corrected chi connectivity index (χ2v) is 11.3. The van der Waals surface area contributed by atoms with Gasteiger partial charge in [0.15, 0.2) is 0 Å².